The number of aromatic nitrogens is 2. The zero-order valence-corrected chi connectivity index (χ0v) is 20.3. The number of anilines is 2. The van der Waals surface area contributed by atoms with Gasteiger partial charge in [-0.25, -0.2) is 4.79 Å². The van der Waals surface area contributed by atoms with Crippen molar-refractivity contribution < 1.29 is 24.0 Å². The van der Waals surface area contributed by atoms with Crippen LogP contribution < -0.4 is 10.2 Å². The first-order chi connectivity index (χ1) is 16.9. The molecule has 2 heterocycles. The highest BCUT2D eigenvalue weighted by molar-refractivity contribution is 8.00. The number of nitrogens with zero attached hydrogens (tertiary/aromatic N) is 4. The van der Waals surface area contributed by atoms with Gasteiger partial charge in [-0.15, -0.1) is 10.2 Å². The van der Waals surface area contributed by atoms with E-state index in [1.807, 2.05) is 17.0 Å². The molecule has 1 aliphatic heterocycles. The van der Waals surface area contributed by atoms with E-state index in [0.29, 0.717) is 52.8 Å². The molecular weight excluding hydrogens is 494 g/mol. The summed E-state index contributed by atoms with van der Waals surface area (Å²) in [5.74, 6) is -0.304. The van der Waals surface area contributed by atoms with Crippen molar-refractivity contribution in [3.63, 3.8) is 0 Å². The maximum Gasteiger partial charge on any atom is 0.337 e. The van der Waals surface area contributed by atoms with E-state index in [0.717, 1.165) is 5.56 Å². The van der Waals surface area contributed by atoms with Crippen molar-refractivity contribution in [3.05, 3.63) is 69.3 Å². The second kappa shape index (κ2) is 11.3. The molecule has 1 N–H and O–H groups in total. The number of hydrogen-bond donors (Lipinski definition) is 1. The molecule has 0 unspecified atom stereocenters. The molecule has 182 valence electrons. The van der Waals surface area contributed by atoms with Crippen LogP contribution in [0.3, 0.4) is 0 Å². The second-order valence-electron chi connectivity index (χ2n) is 7.36. The molecule has 4 rings (SSSR count). The highest BCUT2D eigenvalue weighted by Crippen LogP contribution is 2.31. The van der Waals surface area contributed by atoms with Gasteiger partial charge in [-0.3, -0.25) is 20.2 Å². The SMILES string of the molecule is COC(=O)c1ccc(CSc2nnc(NC(=O)c3ccc(N4CCOCC4)c([N+](=O)[O-])c3)s2)cc1. The van der Waals surface area contributed by atoms with Crippen molar-refractivity contribution in [2.75, 3.05) is 43.6 Å². The number of esters is 1. The van der Waals surface area contributed by atoms with Gasteiger partial charge in [0.05, 0.1) is 30.8 Å². The molecule has 3 aromatic rings. The largest absolute Gasteiger partial charge is 0.465 e. The number of hydrogen-bond acceptors (Lipinski definition) is 11. The van der Waals surface area contributed by atoms with Crippen LogP contribution in [-0.2, 0) is 15.2 Å². The van der Waals surface area contributed by atoms with Crippen LogP contribution in [0.4, 0.5) is 16.5 Å². The molecular formula is C22H21N5O6S2. The molecule has 13 heteroatoms. The number of benzene rings is 2. The van der Waals surface area contributed by atoms with Crippen LogP contribution in [0.25, 0.3) is 0 Å². The fraction of sp³-hybridized carbons (Fsp3) is 0.273. The topological polar surface area (TPSA) is 137 Å². The number of carbonyl (C=O) groups excluding carboxylic acids is 2. The molecule has 0 radical (unpaired) electrons. The summed E-state index contributed by atoms with van der Waals surface area (Å²) in [5.41, 5.74) is 1.94. The Morgan fingerprint density at radius 2 is 1.89 bits per heavy atom. The lowest BCUT2D eigenvalue weighted by molar-refractivity contribution is -0.384. The van der Waals surface area contributed by atoms with Gasteiger partial charge in [0.15, 0.2) is 4.34 Å². The maximum absolute atomic E-state index is 12.7. The summed E-state index contributed by atoms with van der Waals surface area (Å²) in [6, 6.07) is 11.5. The summed E-state index contributed by atoms with van der Waals surface area (Å²) in [6.45, 7) is 2.09. The van der Waals surface area contributed by atoms with Crippen LogP contribution in [0.5, 0.6) is 0 Å². The number of carbonyl (C=O) groups is 2. The lowest BCUT2D eigenvalue weighted by Gasteiger charge is -2.28. The summed E-state index contributed by atoms with van der Waals surface area (Å²) >= 11 is 2.64. The molecule has 1 amide bonds. The van der Waals surface area contributed by atoms with Gasteiger partial charge in [0, 0.05) is 30.5 Å². The fourth-order valence-electron chi connectivity index (χ4n) is 3.37. The van der Waals surface area contributed by atoms with E-state index < -0.39 is 16.8 Å². The Labute approximate surface area is 208 Å². The van der Waals surface area contributed by atoms with E-state index in [1.165, 1.54) is 36.3 Å². The van der Waals surface area contributed by atoms with Crippen molar-refractivity contribution in [3.8, 4) is 0 Å². The minimum atomic E-state index is -0.507. The predicted octanol–water partition coefficient (Wildman–Crippen LogP) is 3.61. The molecule has 35 heavy (non-hydrogen) atoms. The molecule has 2 aromatic carbocycles. The number of methoxy groups -OCH3 is 1. The van der Waals surface area contributed by atoms with Crippen molar-refractivity contribution >= 4 is 51.5 Å². The number of amides is 1. The van der Waals surface area contributed by atoms with Gasteiger partial charge in [-0.05, 0) is 29.8 Å². The van der Waals surface area contributed by atoms with Crippen molar-refractivity contribution in [1.82, 2.24) is 10.2 Å². The maximum atomic E-state index is 12.7. The van der Waals surface area contributed by atoms with E-state index >= 15 is 0 Å². The van der Waals surface area contributed by atoms with E-state index in [4.69, 9.17) is 4.74 Å². The van der Waals surface area contributed by atoms with Gasteiger partial charge in [0.25, 0.3) is 11.6 Å². The summed E-state index contributed by atoms with van der Waals surface area (Å²) in [4.78, 5) is 37.2. The number of rotatable bonds is 8. The van der Waals surface area contributed by atoms with Gasteiger partial charge in [0.1, 0.15) is 5.69 Å². The minimum absolute atomic E-state index is 0.133. The van der Waals surface area contributed by atoms with E-state index in [2.05, 4.69) is 20.3 Å². The lowest BCUT2D eigenvalue weighted by Crippen LogP contribution is -2.36. The molecule has 1 fully saturated rings. The highest BCUT2D eigenvalue weighted by atomic mass is 32.2. The zero-order chi connectivity index (χ0) is 24.8. The van der Waals surface area contributed by atoms with Crippen molar-refractivity contribution in [1.29, 1.82) is 0 Å². The average molecular weight is 516 g/mol. The Bertz CT molecular complexity index is 1230. The van der Waals surface area contributed by atoms with Crippen molar-refractivity contribution in [2.45, 2.75) is 10.1 Å². The summed E-state index contributed by atoms with van der Waals surface area (Å²) in [6.07, 6.45) is 0. The third kappa shape index (κ3) is 6.12. The zero-order valence-electron chi connectivity index (χ0n) is 18.6. The summed E-state index contributed by atoms with van der Waals surface area (Å²) in [7, 11) is 1.33. The number of nitro benzene ring substituents is 1. The smallest absolute Gasteiger partial charge is 0.337 e. The van der Waals surface area contributed by atoms with Gasteiger partial charge in [-0.1, -0.05) is 35.2 Å². The van der Waals surface area contributed by atoms with E-state index in [9.17, 15) is 19.7 Å². The molecule has 0 atom stereocenters. The Morgan fingerprint density at radius 1 is 1.17 bits per heavy atom. The molecule has 0 saturated carbocycles. The summed E-state index contributed by atoms with van der Waals surface area (Å²) < 4.78 is 10.6. The first kappa shape index (κ1) is 24.6. The van der Waals surface area contributed by atoms with Crippen molar-refractivity contribution in [2.24, 2.45) is 0 Å². The van der Waals surface area contributed by atoms with Crippen LogP contribution in [0, 0.1) is 10.1 Å². The van der Waals surface area contributed by atoms with Crippen LogP contribution in [0.1, 0.15) is 26.3 Å². The quantitative estimate of drug-likeness (QED) is 0.156. The molecule has 1 aromatic heterocycles. The first-order valence-electron chi connectivity index (χ1n) is 10.5. The molecule has 1 saturated heterocycles. The number of ether oxygens (including phenoxy) is 2. The molecule has 1 aliphatic rings. The number of morpholine rings is 1. The normalized spacial score (nSPS) is 13.3. The number of thioether (sulfide) groups is 1. The molecule has 0 bridgehead atoms. The Morgan fingerprint density at radius 3 is 2.57 bits per heavy atom. The highest BCUT2D eigenvalue weighted by Gasteiger charge is 2.23. The van der Waals surface area contributed by atoms with E-state index in [-0.39, 0.29) is 11.3 Å². The third-order valence-electron chi connectivity index (χ3n) is 5.15. The Balaban J connectivity index is 1.38. The number of nitro groups is 1. The van der Waals surface area contributed by atoms with Gasteiger partial charge in [0.2, 0.25) is 5.13 Å². The standard InChI is InChI=1S/C22H21N5O6S2/c1-32-20(29)15-4-2-14(3-5-15)13-34-22-25-24-21(35-22)23-19(28)16-6-7-17(18(12-16)27(30)31)26-8-10-33-11-9-26/h2-7,12H,8-11,13H2,1H3,(H,23,24,28). The van der Waals surface area contributed by atoms with Gasteiger partial charge < -0.3 is 14.4 Å². The predicted molar refractivity (Wildman–Crippen MR) is 131 cm³/mol. The third-order valence-corrected chi connectivity index (χ3v) is 7.19. The fourth-order valence-corrected chi connectivity index (χ4v) is 5.07. The summed E-state index contributed by atoms with van der Waals surface area (Å²) in [5, 5.41) is 22.6. The van der Waals surface area contributed by atoms with Crippen LogP contribution in [-0.4, -0.2) is 60.4 Å². The first-order valence-corrected chi connectivity index (χ1v) is 12.3. The Hall–Kier alpha value is -3.55. The van der Waals surface area contributed by atoms with Crippen LogP contribution in [0.2, 0.25) is 0 Å². The van der Waals surface area contributed by atoms with Crippen LogP contribution >= 0.6 is 23.1 Å². The second-order valence-corrected chi connectivity index (χ2v) is 9.56. The molecule has 0 aliphatic carbocycles. The van der Waals surface area contributed by atoms with E-state index in [1.54, 1.807) is 24.3 Å². The van der Waals surface area contributed by atoms with Crippen LogP contribution in [0.15, 0.2) is 46.8 Å². The number of nitrogens with one attached hydrogen (secondary N) is 1. The molecule has 0 spiro atoms. The monoisotopic (exact) mass is 515 g/mol. The van der Waals surface area contributed by atoms with Gasteiger partial charge >= 0.3 is 5.97 Å². The van der Waals surface area contributed by atoms with Gasteiger partial charge in [-0.2, -0.15) is 0 Å². The Kier molecular flexibility index (Phi) is 7.90. The lowest BCUT2D eigenvalue weighted by atomic mass is 10.1. The molecule has 11 nitrogen and oxygen atoms in total. The average Bonchev–Trinajstić information content (AvgIpc) is 3.34. The minimum Gasteiger partial charge on any atom is -0.465 e.